The second kappa shape index (κ2) is 5.14. The molecule has 1 saturated carbocycles. The molecular weight excluding hydrogens is 262 g/mol. The van der Waals surface area contributed by atoms with Crippen LogP contribution in [0, 0.1) is 5.92 Å². The molecule has 2 aliphatic carbocycles. The molecule has 1 aromatic carbocycles. The normalized spacial score (nSPS) is 21.7. The molecule has 0 amide bonds. The van der Waals surface area contributed by atoms with Gasteiger partial charge in [0.1, 0.15) is 0 Å². The van der Waals surface area contributed by atoms with E-state index in [-0.39, 0.29) is 12.6 Å². The zero-order valence-corrected chi connectivity index (χ0v) is 11.6. The number of aryl methyl sites for hydroxylation is 1. The van der Waals surface area contributed by atoms with Gasteiger partial charge in [-0.15, -0.1) is 0 Å². The standard InChI is InChI=1S/C15H18ClNO2/c16-12-4-5-13-11(7-12)3-6-14(13)17(9-15(18)19)8-10-1-2-10/h4-5,7,10,14H,1-3,6,8-9H2,(H,18,19). The van der Waals surface area contributed by atoms with Crippen LogP contribution >= 0.6 is 11.6 Å². The van der Waals surface area contributed by atoms with E-state index in [2.05, 4.69) is 11.0 Å². The van der Waals surface area contributed by atoms with Crippen LogP contribution in [-0.2, 0) is 11.2 Å². The Hall–Kier alpha value is -1.06. The summed E-state index contributed by atoms with van der Waals surface area (Å²) in [6.07, 6.45) is 4.50. The van der Waals surface area contributed by atoms with Gasteiger partial charge in [0.05, 0.1) is 6.54 Å². The van der Waals surface area contributed by atoms with Gasteiger partial charge in [-0.3, -0.25) is 9.69 Å². The van der Waals surface area contributed by atoms with Gasteiger partial charge in [0, 0.05) is 17.6 Å². The second-order valence-corrected chi connectivity index (χ2v) is 6.10. The molecule has 0 saturated heterocycles. The maximum Gasteiger partial charge on any atom is 0.317 e. The number of hydrogen-bond acceptors (Lipinski definition) is 2. The molecule has 0 aliphatic heterocycles. The summed E-state index contributed by atoms with van der Waals surface area (Å²) in [5.41, 5.74) is 2.55. The van der Waals surface area contributed by atoms with E-state index in [1.807, 2.05) is 12.1 Å². The van der Waals surface area contributed by atoms with Gasteiger partial charge in [-0.1, -0.05) is 17.7 Å². The summed E-state index contributed by atoms with van der Waals surface area (Å²) in [4.78, 5) is 13.2. The highest BCUT2D eigenvalue weighted by molar-refractivity contribution is 6.30. The molecular formula is C15H18ClNO2. The zero-order chi connectivity index (χ0) is 13.4. The van der Waals surface area contributed by atoms with Crippen LogP contribution in [0.2, 0.25) is 5.02 Å². The van der Waals surface area contributed by atoms with Crippen molar-refractivity contribution in [3.8, 4) is 0 Å². The first-order chi connectivity index (χ1) is 9.13. The smallest absolute Gasteiger partial charge is 0.317 e. The number of benzene rings is 1. The van der Waals surface area contributed by atoms with Crippen LogP contribution in [0.1, 0.15) is 36.4 Å². The van der Waals surface area contributed by atoms with Crippen LogP contribution in [0.3, 0.4) is 0 Å². The summed E-state index contributed by atoms with van der Waals surface area (Å²) >= 11 is 6.02. The Morgan fingerprint density at radius 1 is 1.37 bits per heavy atom. The van der Waals surface area contributed by atoms with E-state index in [9.17, 15) is 4.79 Å². The zero-order valence-electron chi connectivity index (χ0n) is 10.8. The highest BCUT2D eigenvalue weighted by atomic mass is 35.5. The van der Waals surface area contributed by atoms with Crippen molar-refractivity contribution in [1.82, 2.24) is 4.90 Å². The number of carboxylic acid groups (broad SMARTS) is 1. The topological polar surface area (TPSA) is 40.5 Å². The lowest BCUT2D eigenvalue weighted by Gasteiger charge is -2.28. The van der Waals surface area contributed by atoms with E-state index in [4.69, 9.17) is 16.7 Å². The lowest BCUT2D eigenvalue weighted by atomic mass is 10.1. The maximum atomic E-state index is 11.1. The van der Waals surface area contributed by atoms with E-state index < -0.39 is 5.97 Å². The minimum atomic E-state index is -0.733. The third-order valence-electron chi connectivity index (χ3n) is 4.12. The van der Waals surface area contributed by atoms with Crippen molar-refractivity contribution >= 4 is 17.6 Å². The lowest BCUT2D eigenvalue weighted by molar-refractivity contribution is -0.139. The van der Waals surface area contributed by atoms with Crippen molar-refractivity contribution in [1.29, 1.82) is 0 Å². The van der Waals surface area contributed by atoms with Crippen molar-refractivity contribution < 1.29 is 9.90 Å². The molecule has 1 aromatic rings. The van der Waals surface area contributed by atoms with Crippen LogP contribution in [0.5, 0.6) is 0 Å². The molecule has 0 radical (unpaired) electrons. The van der Waals surface area contributed by atoms with Crippen molar-refractivity contribution in [3.05, 3.63) is 34.3 Å². The van der Waals surface area contributed by atoms with E-state index in [1.54, 1.807) is 0 Å². The van der Waals surface area contributed by atoms with E-state index >= 15 is 0 Å². The number of aliphatic carboxylic acids is 1. The molecule has 1 N–H and O–H groups in total. The van der Waals surface area contributed by atoms with E-state index in [0.717, 1.165) is 24.4 Å². The number of halogens is 1. The molecule has 102 valence electrons. The Labute approximate surface area is 118 Å². The van der Waals surface area contributed by atoms with Gasteiger partial charge in [-0.05, 0) is 54.9 Å². The first-order valence-corrected chi connectivity index (χ1v) is 7.25. The van der Waals surface area contributed by atoms with Crippen LogP contribution in [0.15, 0.2) is 18.2 Å². The molecule has 2 aliphatic rings. The minimum absolute atomic E-state index is 0.142. The average molecular weight is 280 g/mol. The summed E-state index contributed by atoms with van der Waals surface area (Å²) < 4.78 is 0. The SMILES string of the molecule is O=C(O)CN(CC1CC1)C1CCc2cc(Cl)ccc21. The molecule has 0 bridgehead atoms. The van der Waals surface area contributed by atoms with Crippen LogP contribution in [0.4, 0.5) is 0 Å². The summed E-state index contributed by atoms with van der Waals surface area (Å²) in [7, 11) is 0. The number of nitrogens with zero attached hydrogens (tertiary/aromatic N) is 1. The average Bonchev–Trinajstić information content (AvgIpc) is 3.06. The fourth-order valence-electron chi connectivity index (χ4n) is 3.05. The Kier molecular flexibility index (Phi) is 3.50. The van der Waals surface area contributed by atoms with Gasteiger partial charge in [0.2, 0.25) is 0 Å². The fourth-order valence-corrected chi connectivity index (χ4v) is 3.25. The van der Waals surface area contributed by atoms with Gasteiger partial charge in [0.15, 0.2) is 0 Å². The lowest BCUT2D eigenvalue weighted by Crippen LogP contribution is -2.34. The van der Waals surface area contributed by atoms with Crippen molar-refractivity contribution in [3.63, 3.8) is 0 Å². The van der Waals surface area contributed by atoms with Gasteiger partial charge in [0.25, 0.3) is 0 Å². The predicted molar refractivity (Wildman–Crippen MR) is 74.4 cm³/mol. The number of fused-ring (bicyclic) bond motifs is 1. The third-order valence-corrected chi connectivity index (χ3v) is 4.35. The van der Waals surface area contributed by atoms with Crippen LogP contribution in [0.25, 0.3) is 0 Å². The number of carboxylic acids is 1. The summed E-state index contributed by atoms with van der Waals surface area (Å²) in [5.74, 6) is -0.0289. The molecule has 0 spiro atoms. The summed E-state index contributed by atoms with van der Waals surface area (Å²) in [5, 5.41) is 9.88. The monoisotopic (exact) mass is 279 g/mol. The summed E-state index contributed by atoms with van der Waals surface area (Å²) in [6.45, 7) is 1.06. The second-order valence-electron chi connectivity index (χ2n) is 5.66. The minimum Gasteiger partial charge on any atom is -0.480 e. The molecule has 4 heteroatoms. The Morgan fingerprint density at radius 3 is 2.84 bits per heavy atom. The molecule has 1 unspecified atom stereocenters. The molecule has 1 atom stereocenters. The predicted octanol–water partition coefficient (Wildman–Crippen LogP) is 3.12. The Bertz CT molecular complexity index is 499. The van der Waals surface area contributed by atoms with Crippen LogP contribution in [-0.4, -0.2) is 29.1 Å². The summed E-state index contributed by atoms with van der Waals surface area (Å²) in [6, 6.07) is 6.25. The first-order valence-electron chi connectivity index (χ1n) is 6.87. The largest absolute Gasteiger partial charge is 0.480 e. The third kappa shape index (κ3) is 2.93. The molecule has 1 fully saturated rings. The molecule has 0 aromatic heterocycles. The number of rotatable bonds is 5. The first kappa shape index (κ1) is 12.9. The van der Waals surface area contributed by atoms with E-state index in [0.29, 0.717) is 5.92 Å². The van der Waals surface area contributed by atoms with Crippen molar-refractivity contribution in [2.45, 2.75) is 31.7 Å². The molecule has 3 nitrogen and oxygen atoms in total. The van der Waals surface area contributed by atoms with Gasteiger partial charge in [-0.2, -0.15) is 0 Å². The number of carbonyl (C=O) groups is 1. The van der Waals surface area contributed by atoms with Crippen molar-refractivity contribution in [2.75, 3.05) is 13.1 Å². The van der Waals surface area contributed by atoms with Gasteiger partial charge < -0.3 is 5.11 Å². The maximum absolute atomic E-state index is 11.1. The Morgan fingerprint density at radius 2 is 2.16 bits per heavy atom. The van der Waals surface area contributed by atoms with Gasteiger partial charge >= 0.3 is 5.97 Å². The van der Waals surface area contributed by atoms with Crippen LogP contribution < -0.4 is 0 Å². The fraction of sp³-hybridized carbons (Fsp3) is 0.533. The highest BCUT2D eigenvalue weighted by Gasteiger charge is 2.33. The highest BCUT2D eigenvalue weighted by Crippen LogP contribution is 2.39. The van der Waals surface area contributed by atoms with Crippen molar-refractivity contribution in [2.24, 2.45) is 5.92 Å². The van der Waals surface area contributed by atoms with Gasteiger partial charge in [-0.25, -0.2) is 0 Å². The van der Waals surface area contributed by atoms with E-state index in [1.165, 1.54) is 24.0 Å². The molecule has 0 heterocycles. The number of hydrogen-bond donors (Lipinski definition) is 1. The Balaban J connectivity index is 1.81. The molecule has 19 heavy (non-hydrogen) atoms. The quantitative estimate of drug-likeness (QED) is 0.900. The molecule has 3 rings (SSSR count).